The summed E-state index contributed by atoms with van der Waals surface area (Å²) < 4.78 is 16.5. The van der Waals surface area contributed by atoms with Gasteiger partial charge in [0.15, 0.2) is 0 Å². The summed E-state index contributed by atoms with van der Waals surface area (Å²) in [6.07, 6.45) is 11.2. The minimum absolute atomic E-state index is 0.309. The lowest BCUT2D eigenvalue weighted by atomic mass is 9.93. The highest BCUT2D eigenvalue weighted by Crippen LogP contribution is 2.32. The van der Waals surface area contributed by atoms with Crippen LogP contribution in [-0.4, -0.2) is 38.4 Å². The maximum Gasteiger partial charge on any atom is 0.300 e. The van der Waals surface area contributed by atoms with Gasteiger partial charge in [-0.25, -0.2) is 0 Å². The molecule has 0 fully saturated rings. The van der Waals surface area contributed by atoms with Crippen LogP contribution in [0.5, 0.6) is 0 Å². The van der Waals surface area contributed by atoms with Gasteiger partial charge in [0.1, 0.15) is 0 Å². The standard InChI is InChI=1S/C16H34O3.C2H4O2/c1-6-8-9-10-11-12-14-15(13-7-2)16(17-3,18-4)19-5;1-2(3)4/h15H,6-14H2,1-5H3;1H3,(H,3,4). The van der Waals surface area contributed by atoms with Crippen molar-refractivity contribution < 1.29 is 24.1 Å². The third kappa shape index (κ3) is 12.4. The Hall–Kier alpha value is -0.650. The molecule has 5 nitrogen and oxygen atoms in total. The number of carboxylic acid groups (broad SMARTS) is 1. The first kappa shape index (κ1) is 24.6. The van der Waals surface area contributed by atoms with Gasteiger partial charge < -0.3 is 19.3 Å². The molecule has 0 aliphatic heterocycles. The highest BCUT2D eigenvalue weighted by Gasteiger charge is 2.38. The van der Waals surface area contributed by atoms with Gasteiger partial charge in [-0.15, -0.1) is 0 Å². The van der Waals surface area contributed by atoms with E-state index in [2.05, 4.69) is 13.8 Å². The summed E-state index contributed by atoms with van der Waals surface area (Å²) in [4.78, 5) is 9.00. The maximum absolute atomic E-state index is 9.00. The van der Waals surface area contributed by atoms with Crippen molar-refractivity contribution in [3.05, 3.63) is 0 Å². The van der Waals surface area contributed by atoms with Gasteiger partial charge in [-0.3, -0.25) is 4.79 Å². The number of carbonyl (C=O) groups is 1. The van der Waals surface area contributed by atoms with E-state index >= 15 is 0 Å². The first-order valence-corrected chi connectivity index (χ1v) is 8.78. The van der Waals surface area contributed by atoms with E-state index in [-0.39, 0.29) is 0 Å². The van der Waals surface area contributed by atoms with E-state index < -0.39 is 11.9 Å². The molecule has 23 heavy (non-hydrogen) atoms. The highest BCUT2D eigenvalue weighted by molar-refractivity contribution is 5.62. The third-order valence-electron chi connectivity index (χ3n) is 3.90. The number of hydrogen-bond acceptors (Lipinski definition) is 4. The Labute approximate surface area is 142 Å². The number of methoxy groups -OCH3 is 3. The van der Waals surface area contributed by atoms with Crippen LogP contribution in [-0.2, 0) is 19.0 Å². The van der Waals surface area contributed by atoms with E-state index in [1.54, 1.807) is 21.3 Å². The van der Waals surface area contributed by atoms with Crippen LogP contribution in [0.2, 0.25) is 0 Å². The van der Waals surface area contributed by atoms with Gasteiger partial charge in [-0.1, -0.05) is 58.8 Å². The lowest BCUT2D eigenvalue weighted by molar-refractivity contribution is -0.380. The number of carboxylic acids is 1. The largest absolute Gasteiger partial charge is 0.481 e. The summed E-state index contributed by atoms with van der Waals surface area (Å²) >= 11 is 0. The number of aliphatic carboxylic acids is 1. The quantitative estimate of drug-likeness (QED) is 0.386. The van der Waals surface area contributed by atoms with Crippen LogP contribution in [0.4, 0.5) is 0 Å². The Morgan fingerprint density at radius 1 is 0.870 bits per heavy atom. The number of ether oxygens (including phenoxy) is 3. The summed E-state index contributed by atoms with van der Waals surface area (Å²) in [6, 6.07) is 0. The molecule has 1 unspecified atom stereocenters. The maximum atomic E-state index is 9.00. The summed E-state index contributed by atoms with van der Waals surface area (Å²) in [5.41, 5.74) is 0. The second kappa shape index (κ2) is 16.2. The van der Waals surface area contributed by atoms with Gasteiger partial charge in [0, 0.05) is 34.2 Å². The van der Waals surface area contributed by atoms with Crippen molar-refractivity contribution in [2.45, 2.75) is 84.5 Å². The Kier molecular flexibility index (Phi) is 17.3. The molecule has 0 aromatic carbocycles. The topological polar surface area (TPSA) is 65.0 Å². The fourth-order valence-electron chi connectivity index (χ4n) is 2.77. The molecule has 1 atom stereocenters. The fraction of sp³-hybridized carbons (Fsp3) is 0.944. The molecule has 5 heteroatoms. The molecule has 0 bridgehead atoms. The summed E-state index contributed by atoms with van der Waals surface area (Å²) in [5.74, 6) is -1.39. The lowest BCUT2D eigenvalue weighted by Crippen LogP contribution is -2.44. The SMILES string of the molecule is CC(=O)O.CCCCCCCCC(CCC)C(OC)(OC)OC. The Morgan fingerprint density at radius 2 is 1.30 bits per heavy atom. The average molecular weight is 334 g/mol. The number of rotatable bonds is 13. The Bertz CT molecular complexity index is 252. The van der Waals surface area contributed by atoms with Gasteiger partial charge >= 0.3 is 0 Å². The van der Waals surface area contributed by atoms with Gasteiger partial charge in [-0.2, -0.15) is 0 Å². The predicted octanol–water partition coefficient (Wildman–Crippen LogP) is 4.84. The molecule has 0 saturated heterocycles. The van der Waals surface area contributed by atoms with Crippen LogP contribution in [0.3, 0.4) is 0 Å². The second-order valence-electron chi connectivity index (χ2n) is 5.78. The number of hydrogen-bond donors (Lipinski definition) is 1. The number of unbranched alkanes of at least 4 members (excludes halogenated alkanes) is 5. The molecule has 0 rings (SSSR count). The summed E-state index contributed by atoms with van der Waals surface area (Å²) in [6.45, 7) is 5.53. The van der Waals surface area contributed by atoms with Crippen molar-refractivity contribution in [2.75, 3.05) is 21.3 Å². The van der Waals surface area contributed by atoms with Crippen molar-refractivity contribution >= 4 is 5.97 Å². The molecule has 0 radical (unpaired) electrons. The smallest absolute Gasteiger partial charge is 0.300 e. The minimum Gasteiger partial charge on any atom is -0.481 e. The van der Waals surface area contributed by atoms with Crippen molar-refractivity contribution in [1.82, 2.24) is 0 Å². The van der Waals surface area contributed by atoms with Gasteiger partial charge in [-0.05, 0) is 12.8 Å². The molecule has 0 aromatic heterocycles. The molecule has 0 aliphatic carbocycles. The van der Waals surface area contributed by atoms with Crippen molar-refractivity contribution in [3.8, 4) is 0 Å². The van der Waals surface area contributed by atoms with Crippen LogP contribution in [0.25, 0.3) is 0 Å². The van der Waals surface area contributed by atoms with Gasteiger partial charge in [0.2, 0.25) is 0 Å². The van der Waals surface area contributed by atoms with Crippen LogP contribution in [0.1, 0.15) is 78.6 Å². The van der Waals surface area contributed by atoms with E-state index in [0.717, 1.165) is 26.2 Å². The zero-order chi connectivity index (χ0) is 18.1. The lowest BCUT2D eigenvalue weighted by Gasteiger charge is -2.36. The van der Waals surface area contributed by atoms with Gasteiger partial charge in [0.05, 0.1) is 0 Å². The van der Waals surface area contributed by atoms with E-state index in [1.165, 1.54) is 38.5 Å². The zero-order valence-corrected chi connectivity index (χ0v) is 16.0. The molecular formula is C18H38O5. The van der Waals surface area contributed by atoms with Crippen LogP contribution in [0.15, 0.2) is 0 Å². The predicted molar refractivity (Wildman–Crippen MR) is 93.5 cm³/mol. The minimum atomic E-state index is -0.862. The van der Waals surface area contributed by atoms with Crippen molar-refractivity contribution in [1.29, 1.82) is 0 Å². The van der Waals surface area contributed by atoms with E-state index in [0.29, 0.717) is 5.92 Å². The van der Waals surface area contributed by atoms with Crippen LogP contribution >= 0.6 is 0 Å². The van der Waals surface area contributed by atoms with Gasteiger partial charge in [0.25, 0.3) is 11.9 Å². The highest BCUT2D eigenvalue weighted by atomic mass is 16.9. The molecule has 0 aliphatic rings. The molecule has 0 saturated carbocycles. The molecule has 0 amide bonds. The van der Waals surface area contributed by atoms with E-state index in [1.807, 2.05) is 0 Å². The normalized spacial score (nSPS) is 12.4. The van der Waals surface area contributed by atoms with E-state index in [4.69, 9.17) is 24.1 Å². The first-order valence-electron chi connectivity index (χ1n) is 8.78. The summed E-state index contributed by atoms with van der Waals surface area (Å²) in [7, 11) is 4.99. The molecule has 0 aromatic rings. The zero-order valence-electron chi connectivity index (χ0n) is 16.0. The molecule has 0 spiro atoms. The molecule has 140 valence electrons. The Morgan fingerprint density at radius 3 is 1.70 bits per heavy atom. The van der Waals surface area contributed by atoms with Crippen LogP contribution in [0, 0.1) is 5.92 Å². The van der Waals surface area contributed by atoms with E-state index in [9.17, 15) is 0 Å². The van der Waals surface area contributed by atoms with Crippen molar-refractivity contribution in [2.24, 2.45) is 5.92 Å². The average Bonchev–Trinajstić information content (AvgIpc) is 2.52. The fourth-order valence-corrected chi connectivity index (χ4v) is 2.77. The monoisotopic (exact) mass is 334 g/mol. The van der Waals surface area contributed by atoms with Crippen LogP contribution < -0.4 is 0 Å². The summed E-state index contributed by atoms with van der Waals surface area (Å²) in [5, 5.41) is 7.42. The molecule has 0 heterocycles. The third-order valence-corrected chi connectivity index (χ3v) is 3.90. The van der Waals surface area contributed by atoms with Crippen molar-refractivity contribution in [3.63, 3.8) is 0 Å². The molecule has 1 N–H and O–H groups in total. The Balaban J connectivity index is 0. The first-order chi connectivity index (χ1) is 10.9. The molecular weight excluding hydrogens is 296 g/mol. The second-order valence-corrected chi connectivity index (χ2v) is 5.78.